The van der Waals surface area contributed by atoms with E-state index in [1.807, 2.05) is 58.0 Å². The molecule has 8 nitrogen and oxygen atoms in total. The zero-order valence-corrected chi connectivity index (χ0v) is 25.2. The van der Waals surface area contributed by atoms with E-state index in [4.69, 9.17) is 0 Å². The summed E-state index contributed by atoms with van der Waals surface area (Å²) in [4.78, 5) is 11.9. The first-order valence-electron chi connectivity index (χ1n) is 14.1. The maximum absolute atomic E-state index is 13.6. The van der Waals surface area contributed by atoms with Crippen LogP contribution in [0.4, 0.5) is 13.2 Å². The first-order chi connectivity index (χ1) is 20.2. The molecule has 2 heterocycles. The summed E-state index contributed by atoms with van der Waals surface area (Å²) in [6.45, 7) is 8.62. The van der Waals surface area contributed by atoms with Crippen molar-refractivity contribution in [3.63, 3.8) is 0 Å². The number of carbonyl (C=O) groups is 1. The molecular weight excluding hydrogens is 581 g/mol. The van der Waals surface area contributed by atoms with Crippen LogP contribution in [0.25, 0.3) is 11.0 Å². The molecule has 5 rings (SSSR count). The molecule has 3 aromatic carbocycles. The number of hydrogen-bond acceptors (Lipinski definition) is 6. The number of aromatic nitrogens is 3. The van der Waals surface area contributed by atoms with Crippen molar-refractivity contribution in [2.75, 3.05) is 6.54 Å². The highest BCUT2D eigenvalue weighted by Crippen LogP contribution is 2.57. The summed E-state index contributed by atoms with van der Waals surface area (Å²) >= 11 is 0. The van der Waals surface area contributed by atoms with Gasteiger partial charge in [-0.3, -0.25) is 13.9 Å². The average molecular weight is 617 g/mol. The van der Waals surface area contributed by atoms with Gasteiger partial charge in [0.05, 0.1) is 22.4 Å². The lowest BCUT2D eigenvalue weighted by atomic mass is 9.84. The number of carboxylic acids is 1. The first-order valence-corrected chi connectivity index (χ1v) is 15.6. The summed E-state index contributed by atoms with van der Waals surface area (Å²) in [7, 11) is -3.76. The number of rotatable bonds is 7. The zero-order valence-electron chi connectivity index (χ0n) is 24.4. The summed E-state index contributed by atoms with van der Waals surface area (Å²) in [6.07, 6.45) is -4.40. The van der Waals surface area contributed by atoms with E-state index in [2.05, 4.69) is 10.3 Å². The minimum Gasteiger partial charge on any atom is -0.481 e. The zero-order chi connectivity index (χ0) is 31.3. The third kappa shape index (κ3) is 6.01. The van der Waals surface area contributed by atoms with Gasteiger partial charge in [0.15, 0.2) is 0 Å². The summed E-state index contributed by atoms with van der Waals surface area (Å²) in [6, 6.07) is 12.6. The first kappa shape index (κ1) is 31.0. The number of alkyl halides is 3. The van der Waals surface area contributed by atoms with Crippen molar-refractivity contribution in [1.29, 1.82) is 0 Å². The van der Waals surface area contributed by atoms with Crippen molar-refractivity contribution in [3.8, 4) is 0 Å². The lowest BCUT2D eigenvalue weighted by Gasteiger charge is -2.43. The van der Waals surface area contributed by atoms with E-state index in [-0.39, 0.29) is 30.3 Å². The van der Waals surface area contributed by atoms with Crippen LogP contribution in [0.3, 0.4) is 0 Å². The van der Waals surface area contributed by atoms with Crippen molar-refractivity contribution >= 4 is 27.8 Å². The van der Waals surface area contributed by atoms with Crippen LogP contribution in [0.2, 0.25) is 0 Å². The Morgan fingerprint density at radius 2 is 1.86 bits per heavy atom. The van der Waals surface area contributed by atoms with E-state index < -0.39 is 34.4 Å². The van der Waals surface area contributed by atoms with Crippen LogP contribution >= 0.6 is 10.8 Å². The summed E-state index contributed by atoms with van der Waals surface area (Å²) in [5.41, 5.74) is 5.05. The molecule has 1 aliphatic heterocycles. The van der Waals surface area contributed by atoms with E-state index in [0.29, 0.717) is 24.0 Å². The van der Waals surface area contributed by atoms with Crippen LogP contribution < -0.4 is 0 Å². The fraction of sp³-hybridized carbons (Fsp3) is 0.387. The third-order valence-electron chi connectivity index (χ3n) is 8.29. The van der Waals surface area contributed by atoms with Gasteiger partial charge in [-0.15, -0.1) is 15.9 Å². The van der Waals surface area contributed by atoms with E-state index in [1.165, 1.54) is 10.4 Å². The lowest BCUT2D eigenvalue weighted by Crippen LogP contribution is -2.30. The van der Waals surface area contributed by atoms with Crippen LogP contribution in [0, 0.1) is 19.8 Å². The Labute approximate surface area is 249 Å². The monoisotopic (exact) mass is 616 g/mol. The number of carboxylic acid groups (broad SMARTS) is 1. The number of halogens is 3. The Balaban J connectivity index is 1.55. The van der Waals surface area contributed by atoms with Gasteiger partial charge in [-0.25, -0.2) is 4.68 Å². The van der Waals surface area contributed by atoms with Gasteiger partial charge >= 0.3 is 12.1 Å². The normalized spacial score (nSPS) is 18.7. The topological polar surface area (TPSA) is 112 Å². The molecule has 230 valence electrons. The Morgan fingerprint density at radius 1 is 1.12 bits per heavy atom. The van der Waals surface area contributed by atoms with Crippen LogP contribution in [-0.2, 0) is 30.5 Å². The molecule has 0 radical (unpaired) electrons. The van der Waals surface area contributed by atoms with Crippen molar-refractivity contribution in [2.24, 2.45) is 5.92 Å². The van der Waals surface area contributed by atoms with Gasteiger partial charge in [0, 0.05) is 25.6 Å². The number of aliphatic carboxylic acids is 1. The lowest BCUT2D eigenvalue weighted by molar-refractivity contribution is -0.138. The van der Waals surface area contributed by atoms with Gasteiger partial charge in [-0.05, 0) is 84.7 Å². The minimum absolute atomic E-state index is 0.0571. The molecule has 0 bridgehead atoms. The molecule has 0 fully saturated rings. The maximum Gasteiger partial charge on any atom is 0.416 e. The number of aryl methyl sites for hydroxylation is 3. The fourth-order valence-corrected chi connectivity index (χ4v) is 7.83. The van der Waals surface area contributed by atoms with E-state index >= 15 is 0 Å². The summed E-state index contributed by atoms with van der Waals surface area (Å²) in [5, 5.41) is 18.4. The van der Waals surface area contributed by atoms with Crippen molar-refractivity contribution < 1.29 is 32.2 Å². The molecule has 0 aliphatic carbocycles. The van der Waals surface area contributed by atoms with Crippen LogP contribution in [-0.4, -0.2) is 46.0 Å². The van der Waals surface area contributed by atoms with Crippen LogP contribution in [0.1, 0.15) is 65.1 Å². The smallest absolute Gasteiger partial charge is 0.416 e. The maximum atomic E-state index is 13.6. The minimum atomic E-state index is -4.62. The summed E-state index contributed by atoms with van der Waals surface area (Å²) < 4.78 is 66.8. The predicted octanol–water partition coefficient (Wildman–Crippen LogP) is 7.41. The standard InChI is InChI=1S/C31H35F3N4O4S/c1-5-38-27-11-10-25(20(4)30(27)35-36-38)26(15-29(39)40)21-7-6-19(3)23(13-21)17-37-16-18(2)12-22-8-9-24(31(32,33)34)14-28(22)43(37,41)42/h6-11,13-14,18,26,41-42H,5,12,15-17H2,1-4H3,(H,39,40)/t18-,26-/m0/s1. The molecule has 0 saturated heterocycles. The molecule has 43 heavy (non-hydrogen) atoms. The Kier molecular flexibility index (Phi) is 8.34. The molecule has 0 amide bonds. The molecule has 0 saturated carbocycles. The van der Waals surface area contributed by atoms with Gasteiger partial charge in [0.2, 0.25) is 0 Å². The molecule has 2 atom stereocenters. The molecule has 12 heteroatoms. The van der Waals surface area contributed by atoms with Crippen LogP contribution in [0.5, 0.6) is 0 Å². The van der Waals surface area contributed by atoms with E-state index in [0.717, 1.165) is 45.5 Å². The van der Waals surface area contributed by atoms with E-state index in [1.54, 1.807) is 4.68 Å². The summed E-state index contributed by atoms with van der Waals surface area (Å²) in [5.74, 6) is -1.55. The molecule has 0 spiro atoms. The second-order valence-corrected chi connectivity index (χ2v) is 13.4. The second-order valence-electron chi connectivity index (χ2n) is 11.4. The van der Waals surface area contributed by atoms with Gasteiger partial charge < -0.3 is 5.11 Å². The number of nitrogens with zero attached hydrogens (tertiary/aromatic N) is 4. The molecule has 4 aromatic rings. The highest BCUT2D eigenvalue weighted by Gasteiger charge is 2.37. The Morgan fingerprint density at radius 3 is 2.53 bits per heavy atom. The Bertz CT molecular complexity index is 1690. The highest BCUT2D eigenvalue weighted by molar-refractivity contribution is 8.22. The van der Waals surface area contributed by atoms with Crippen LogP contribution in [0.15, 0.2) is 53.4 Å². The Hall–Kier alpha value is -3.45. The van der Waals surface area contributed by atoms with Crippen molar-refractivity contribution in [2.45, 2.75) is 70.6 Å². The SMILES string of the molecule is CCn1nnc2c(C)c([C@@H](CC(=O)O)c3ccc(C)c(CN4C[C@@H](C)Cc5ccc(C(F)(F)F)cc5S4(O)O)c3)ccc21. The predicted molar refractivity (Wildman–Crippen MR) is 159 cm³/mol. The largest absolute Gasteiger partial charge is 0.481 e. The van der Waals surface area contributed by atoms with Gasteiger partial charge in [0.1, 0.15) is 5.52 Å². The molecule has 1 aliphatic rings. The molecule has 1 aromatic heterocycles. The average Bonchev–Trinajstić information content (AvgIpc) is 3.33. The third-order valence-corrected chi connectivity index (χ3v) is 10.3. The van der Waals surface area contributed by atoms with Crippen molar-refractivity contribution in [3.05, 3.63) is 87.5 Å². The molecular formula is C31H35F3N4O4S. The number of fused-ring (bicyclic) bond motifs is 2. The fourth-order valence-electron chi connectivity index (χ4n) is 5.98. The second kappa shape index (κ2) is 11.6. The molecule has 3 N–H and O–H groups in total. The van der Waals surface area contributed by atoms with Crippen molar-refractivity contribution in [1.82, 2.24) is 19.3 Å². The highest BCUT2D eigenvalue weighted by atomic mass is 32.3. The van der Waals surface area contributed by atoms with Gasteiger partial charge in [0.25, 0.3) is 0 Å². The van der Waals surface area contributed by atoms with Gasteiger partial charge in [-0.1, -0.05) is 42.5 Å². The molecule has 0 unspecified atom stereocenters. The number of hydrogen-bond donors (Lipinski definition) is 3. The van der Waals surface area contributed by atoms with E-state index in [9.17, 15) is 32.2 Å². The van der Waals surface area contributed by atoms with Gasteiger partial charge in [-0.2, -0.15) is 17.5 Å². The number of benzene rings is 3. The quantitative estimate of drug-likeness (QED) is 0.198.